The van der Waals surface area contributed by atoms with Crippen LogP contribution in [0.2, 0.25) is 0 Å². The van der Waals surface area contributed by atoms with Gasteiger partial charge in [-0.1, -0.05) is 12.1 Å². The van der Waals surface area contributed by atoms with Crippen molar-refractivity contribution in [2.75, 3.05) is 28.6 Å². The molecule has 2 atom stereocenters. The molecular formula is C20H22FN7O. The molecule has 0 aliphatic carbocycles. The van der Waals surface area contributed by atoms with Gasteiger partial charge in [-0.2, -0.15) is 9.97 Å². The van der Waals surface area contributed by atoms with Gasteiger partial charge in [0.2, 0.25) is 5.95 Å². The SMILES string of the molecule is C[C@H](Nc1nc(Nc2cnccn2)cc(N2CCC(O)C2)n1)c1ccc(F)cc1. The first-order valence-corrected chi connectivity index (χ1v) is 9.44. The number of aliphatic hydroxyl groups is 1. The van der Waals surface area contributed by atoms with Crippen LogP contribution in [0.1, 0.15) is 24.9 Å². The summed E-state index contributed by atoms with van der Waals surface area (Å²) >= 11 is 0. The molecule has 2 aromatic heterocycles. The molecule has 29 heavy (non-hydrogen) atoms. The number of hydrogen-bond acceptors (Lipinski definition) is 8. The molecule has 9 heteroatoms. The van der Waals surface area contributed by atoms with Gasteiger partial charge in [-0.25, -0.2) is 9.37 Å². The lowest BCUT2D eigenvalue weighted by atomic mass is 10.1. The molecule has 150 valence electrons. The van der Waals surface area contributed by atoms with Crippen molar-refractivity contribution >= 4 is 23.4 Å². The Hall–Kier alpha value is -3.33. The van der Waals surface area contributed by atoms with Gasteiger partial charge in [-0.15, -0.1) is 0 Å². The molecule has 0 radical (unpaired) electrons. The van der Waals surface area contributed by atoms with Gasteiger partial charge in [0.05, 0.1) is 18.3 Å². The van der Waals surface area contributed by atoms with Gasteiger partial charge >= 0.3 is 0 Å². The van der Waals surface area contributed by atoms with Crippen LogP contribution < -0.4 is 15.5 Å². The van der Waals surface area contributed by atoms with Crippen LogP contribution in [0.4, 0.5) is 27.8 Å². The van der Waals surface area contributed by atoms with Gasteiger partial charge in [0, 0.05) is 31.5 Å². The number of aliphatic hydroxyl groups excluding tert-OH is 1. The number of anilines is 4. The van der Waals surface area contributed by atoms with Gasteiger partial charge in [-0.05, 0) is 31.0 Å². The number of benzene rings is 1. The summed E-state index contributed by atoms with van der Waals surface area (Å²) in [5.41, 5.74) is 0.917. The van der Waals surface area contributed by atoms with Crippen molar-refractivity contribution in [2.45, 2.75) is 25.5 Å². The standard InChI is InChI=1S/C20H22FN7O/c1-13(14-2-4-15(21)5-3-14)24-20-26-17(25-18-11-22-7-8-23-18)10-19(27-20)28-9-6-16(29)12-28/h2-5,7-8,10-11,13,16,29H,6,9,12H2,1H3,(H2,23,24,25,26,27)/t13-,16?/m0/s1. The fraction of sp³-hybridized carbons (Fsp3) is 0.300. The average Bonchev–Trinajstić information content (AvgIpc) is 3.15. The third-order valence-corrected chi connectivity index (χ3v) is 4.73. The summed E-state index contributed by atoms with van der Waals surface area (Å²) in [5, 5.41) is 16.3. The van der Waals surface area contributed by atoms with Crippen molar-refractivity contribution in [3.8, 4) is 0 Å². The zero-order chi connectivity index (χ0) is 20.2. The Morgan fingerprint density at radius 3 is 2.69 bits per heavy atom. The van der Waals surface area contributed by atoms with Gasteiger partial charge in [-0.3, -0.25) is 4.98 Å². The number of aromatic nitrogens is 4. The Morgan fingerprint density at radius 1 is 1.17 bits per heavy atom. The van der Waals surface area contributed by atoms with Crippen LogP contribution in [0.5, 0.6) is 0 Å². The zero-order valence-electron chi connectivity index (χ0n) is 16.0. The molecule has 0 amide bonds. The van der Waals surface area contributed by atoms with E-state index in [1.165, 1.54) is 12.1 Å². The van der Waals surface area contributed by atoms with Crippen molar-refractivity contribution in [3.05, 3.63) is 60.3 Å². The normalized spacial score (nSPS) is 17.2. The van der Waals surface area contributed by atoms with Gasteiger partial charge in [0.25, 0.3) is 0 Å². The lowest BCUT2D eigenvalue weighted by Crippen LogP contribution is -2.23. The van der Waals surface area contributed by atoms with E-state index in [0.29, 0.717) is 36.4 Å². The monoisotopic (exact) mass is 395 g/mol. The molecule has 0 spiro atoms. The van der Waals surface area contributed by atoms with Crippen molar-refractivity contribution in [3.63, 3.8) is 0 Å². The second kappa shape index (κ2) is 8.36. The van der Waals surface area contributed by atoms with E-state index in [4.69, 9.17) is 0 Å². The highest BCUT2D eigenvalue weighted by molar-refractivity contribution is 5.59. The molecule has 8 nitrogen and oxygen atoms in total. The summed E-state index contributed by atoms with van der Waals surface area (Å²) in [5.74, 6) is 1.98. The molecular weight excluding hydrogens is 373 g/mol. The number of halogens is 1. The van der Waals surface area contributed by atoms with Crippen LogP contribution in [0.15, 0.2) is 48.9 Å². The average molecular weight is 395 g/mol. The maximum Gasteiger partial charge on any atom is 0.227 e. The summed E-state index contributed by atoms with van der Waals surface area (Å²) < 4.78 is 13.2. The predicted molar refractivity (Wildman–Crippen MR) is 109 cm³/mol. The van der Waals surface area contributed by atoms with Crippen LogP contribution >= 0.6 is 0 Å². The third kappa shape index (κ3) is 4.75. The fourth-order valence-electron chi connectivity index (χ4n) is 3.20. The van der Waals surface area contributed by atoms with E-state index in [9.17, 15) is 9.50 Å². The number of nitrogens with zero attached hydrogens (tertiary/aromatic N) is 5. The maximum atomic E-state index is 13.2. The Morgan fingerprint density at radius 2 is 2.00 bits per heavy atom. The maximum absolute atomic E-state index is 13.2. The Balaban J connectivity index is 1.60. The van der Waals surface area contributed by atoms with Crippen molar-refractivity contribution < 1.29 is 9.50 Å². The van der Waals surface area contributed by atoms with Crippen LogP contribution in [-0.4, -0.2) is 44.2 Å². The van der Waals surface area contributed by atoms with E-state index in [1.807, 2.05) is 17.9 Å². The minimum atomic E-state index is -0.365. The molecule has 0 saturated carbocycles. The Kier molecular flexibility index (Phi) is 5.48. The van der Waals surface area contributed by atoms with Crippen molar-refractivity contribution in [1.82, 2.24) is 19.9 Å². The molecule has 1 saturated heterocycles. The highest BCUT2D eigenvalue weighted by Gasteiger charge is 2.23. The van der Waals surface area contributed by atoms with Crippen molar-refractivity contribution in [1.29, 1.82) is 0 Å². The quantitative estimate of drug-likeness (QED) is 0.586. The molecule has 1 fully saturated rings. The predicted octanol–water partition coefficient (Wildman–Crippen LogP) is 2.89. The molecule has 1 aliphatic heterocycles. The van der Waals surface area contributed by atoms with Crippen LogP contribution in [-0.2, 0) is 0 Å². The lowest BCUT2D eigenvalue weighted by Gasteiger charge is -2.20. The minimum Gasteiger partial charge on any atom is -0.391 e. The summed E-state index contributed by atoms with van der Waals surface area (Å²) in [6.45, 7) is 3.20. The van der Waals surface area contributed by atoms with E-state index in [1.54, 1.807) is 30.7 Å². The topological polar surface area (TPSA) is 99.1 Å². The molecule has 3 N–H and O–H groups in total. The first kappa shape index (κ1) is 19.0. The zero-order valence-corrected chi connectivity index (χ0v) is 16.0. The second-order valence-corrected chi connectivity index (χ2v) is 6.96. The largest absolute Gasteiger partial charge is 0.391 e. The summed E-state index contributed by atoms with van der Waals surface area (Å²) in [7, 11) is 0. The minimum absolute atomic E-state index is 0.126. The first-order valence-electron chi connectivity index (χ1n) is 9.44. The summed E-state index contributed by atoms with van der Waals surface area (Å²) in [6, 6.07) is 8.01. The van der Waals surface area contributed by atoms with Gasteiger partial charge in [0.15, 0.2) is 0 Å². The molecule has 4 rings (SSSR count). The Labute approximate surface area is 167 Å². The van der Waals surface area contributed by atoms with E-state index >= 15 is 0 Å². The summed E-state index contributed by atoms with van der Waals surface area (Å²) in [4.78, 5) is 19.4. The number of rotatable bonds is 6. The van der Waals surface area contributed by atoms with Crippen LogP contribution in [0.3, 0.4) is 0 Å². The highest BCUT2D eigenvalue weighted by Crippen LogP contribution is 2.26. The summed E-state index contributed by atoms with van der Waals surface area (Å²) in [6.07, 6.45) is 5.13. The molecule has 1 aromatic carbocycles. The molecule has 3 heterocycles. The Bertz CT molecular complexity index is 955. The third-order valence-electron chi connectivity index (χ3n) is 4.73. The number of nitrogens with one attached hydrogen (secondary N) is 2. The van der Waals surface area contributed by atoms with E-state index < -0.39 is 0 Å². The molecule has 1 aliphatic rings. The number of β-amino-alcohol motifs (C(OH)–C–C–N with tert-alkyl or cyclic N) is 1. The van der Waals surface area contributed by atoms with E-state index in [0.717, 1.165) is 12.1 Å². The van der Waals surface area contributed by atoms with Gasteiger partial charge < -0.3 is 20.6 Å². The van der Waals surface area contributed by atoms with E-state index in [2.05, 4.69) is 30.6 Å². The molecule has 0 bridgehead atoms. The number of hydrogen-bond donors (Lipinski definition) is 3. The molecule has 1 unspecified atom stereocenters. The van der Waals surface area contributed by atoms with Gasteiger partial charge in [0.1, 0.15) is 23.3 Å². The first-order chi connectivity index (χ1) is 14.1. The van der Waals surface area contributed by atoms with Crippen LogP contribution in [0.25, 0.3) is 0 Å². The fourth-order valence-corrected chi connectivity index (χ4v) is 3.20. The van der Waals surface area contributed by atoms with Crippen LogP contribution in [0, 0.1) is 5.82 Å². The van der Waals surface area contributed by atoms with Crippen molar-refractivity contribution in [2.24, 2.45) is 0 Å². The lowest BCUT2D eigenvalue weighted by molar-refractivity contribution is 0.198. The second-order valence-electron chi connectivity index (χ2n) is 6.96. The van der Waals surface area contributed by atoms with E-state index in [-0.39, 0.29) is 18.0 Å². The molecule has 3 aromatic rings. The highest BCUT2D eigenvalue weighted by atomic mass is 19.1. The smallest absolute Gasteiger partial charge is 0.227 e.